The lowest BCUT2D eigenvalue weighted by Crippen LogP contribution is -2.25. The summed E-state index contributed by atoms with van der Waals surface area (Å²) in [5.74, 6) is -1.38. The number of carbonyl (C=O) groups is 2. The topological polar surface area (TPSA) is 249 Å². The van der Waals surface area contributed by atoms with E-state index >= 15 is 0 Å². The molecule has 4 aromatic rings. The van der Waals surface area contributed by atoms with Crippen molar-refractivity contribution >= 4 is 57.4 Å². The smallest absolute Gasteiger partial charge is 0.416 e. The summed E-state index contributed by atoms with van der Waals surface area (Å²) < 4.78 is 126. The average Bonchev–Trinajstić information content (AvgIpc) is 3.86. The molecule has 0 aliphatic heterocycles. The monoisotopic (exact) mass is 965 g/mol. The summed E-state index contributed by atoms with van der Waals surface area (Å²) in [6.45, 7) is 1.38. The van der Waals surface area contributed by atoms with Crippen molar-refractivity contribution in [2.45, 2.75) is 42.9 Å². The molecule has 0 bridgehead atoms. The summed E-state index contributed by atoms with van der Waals surface area (Å²) in [4.78, 5) is 50.0. The number of nitrogens with one attached hydrogen (secondary N) is 1. The first-order valence-corrected chi connectivity index (χ1v) is 23.7. The number of nitrogens with zero attached hydrogens (tertiary/aromatic N) is 2. The minimum atomic E-state index is -4.71. The van der Waals surface area contributed by atoms with Crippen LogP contribution >= 0.6 is 19.2 Å². The minimum absolute atomic E-state index is 0.0111. The van der Waals surface area contributed by atoms with E-state index in [-0.39, 0.29) is 51.6 Å². The Bertz CT molecular complexity index is 2350. The standard InChI is InChI=1S/C15H11ClF3NO4.C15H12F3NO4S.C3H8NO5P.C3H9S/c1-2-23-14-8-10(4-5-12(14)20(21)22)24-13-6-3-9(7-11(13)16)15(17,18)19;1-24(21,22)12-6-9(15(16,17)18)4-5-10(12)13(20)11-7-19-23-14(11)8-2-3-8;5-3(6)1-4-2-10(7,8)9;1-4(2)3/h3-8H,2H2,1H3;4-8H,2-3H2,1H3;4H,1-2H2,(H,5,6)(H2,7,8,9);1-3H3/q;;;+1/p-1. The highest BCUT2D eigenvalue weighted by atomic mass is 35.5. The fraction of sp³-hybridized carbons (Fsp3) is 0.361. The maximum Gasteiger partial charge on any atom is 0.416 e. The van der Waals surface area contributed by atoms with Gasteiger partial charge < -0.3 is 33.5 Å². The molecule has 1 unspecified atom stereocenters. The molecule has 26 heteroatoms. The first kappa shape index (κ1) is 53.4. The fourth-order valence-electron chi connectivity index (χ4n) is 4.57. The van der Waals surface area contributed by atoms with Crippen LogP contribution in [0.5, 0.6) is 17.2 Å². The lowest BCUT2D eigenvalue weighted by atomic mass is 10.0. The molecule has 62 heavy (non-hydrogen) atoms. The second kappa shape index (κ2) is 22.6. The number of carboxylic acid groups (broad SMARTS) is 1. The van der Waals surface area contributed by atoms with Crippen molar-refractivity contribution in [3.05, 3.63) is 104 Å². The molecule has 0 radical (unpaired) electrons. The van der Waals surface area contributed by atoms with Crippen LogP contribution in [-0.4, -0.2) is 84.7 Å². The Morgan fingerprint density at radius 2 is 1.56 bits per heavy atom. The summed E-state index contributed by atoms with van der Waals surface area (Å²) in [5.41, 5.74) is -2.52. The predicted molar refractivity (Wildman–Crippen MR) is 213 cm³/mol. The molecule has 1 aliphatic rings. The maximum atomic E-state index is 12.8. The summed E-state index contributed by atoms with van der Waals surface area (Å²) in [7, 11) is -7.75. The normalized spacial score (nSPS) is 13.5. The molecule has 0 amide bonds. The van der Waals surface area contributed by atoms with Crippen molar-refractivity contribution in [1.29, 1.82) is 0 Å². The molecule has 1 fully saturated rings. The summed E-state index contributed by atoms with van der Waals surface area (Å²) in [6.07, 6.45) is 0.214. The maximum absolute atomic E-state index is 12.8. The van der Waals surface area contributed by atoms with E-state index in [4.69, 9.17) is 35.6 Å². The molecule has 5 rings (SSSR count). The predicted octanol–water partition coefficient (Wildman–Crippen LogP) is 7.32. The van der Waals surface area contributed by atoms with Crippen LogP contribution < -0.4 is 19.7 Å². The highest BCUT2D eigenvalue weighted by molar-refractivity contribution is 7.94. The number of sulfone groups is 1. The number of hydrogen-bond acceptors (Lipinski definition) is 13. The highest BCUT2D eigenvalue weighted by Gasteiger charge is 2.36. The molecular formula is C36H39ClF6N3O13PS2. The third kappa shape index (κ3) is 17.9. The number of hydrogen-bond donors (Lipinski definition) is 3. The number of nitro groups is 1. The minimum Gasteiger partial charge on any atom is -0.778 e. The number of benzene rings is 3. The Balaban J connectivity index is 0.000000329. The molecule has 1 atom stereocenters. The van der Waals surface area contributed by atoms with Gasteiger partial charge in [-0.2, -0.15) is 26.3 Å². The van der Waals surface area contributed by atoms with Gasteiger partial charge in [-0.05, 0) is 73.1 Å². The van der Waals surface area contributed by atoms with Gasteiger partial charge in [-0.25, -0.2) is 8.42 Å². The van der Waals surface area contributed by atoms with Crippen molar-refractivity contribution in [1.82, 2.24) is 10.5 Å². The second-order valence-electron chi connectivity index (χ2n) is 13.1. The van der Waals surface area contributed by atoms with Crippen LogP contribution in [-0.2, 0) is 42.4 Å². The van der Waals surface area contributed by atoms with Gasteiger partial charge in [0.15, 0.2) is 21.4 Å². The van der Waals surface area contributed by atoms with E-state index in [0.29, 0.717) is 28.8 Å². The summed E-state index contributed by atoms with van der Waals surface area (Å²) >= 11 is 5.80. The second-order valence-corrected chi connectivity index (χ2v) is 19.5. The molecule has 1 aliphatic carbocycles. The van der Waals surface area contributed by atoms with Gasteiger partial charge in [0.2, 0.25) is 5.75 Å². The first-order valence-electron chi connectivity index (χ1n) is 17.3. The van der Waals surface area contributed by atoms with Crippen molar-refractivity contribution in [3.8, 4) is 17.2 Å². The number of carboxylic acids is 1. The van der Waals surface area contributed by atoms with Crippen molar-refractivity contribution in [2.75, 3.05) is 44.5 Å². The number of rotatable bonds is 13. The van der Waals surface area contributed by atoms with Crippen LogP contribution in [0.4, 0.5) is 32.0 Å². The average molecular weight is 966 g/mol. The SMILES string of the molecule is CCOc1cc(Oc2ccc(C(F)(F)F)cc2Cl)ccc1[N+](=O)[O-].CS(=O)(=O)c1cc(C(F)(F)F)ccc1C(=O)c1cnoc1C1CC1.C[S+](C)C.O=C(O)CNCP(=O)([O-])O. The molecule has 16 nitrogen and oxygen atoms in total. The zero-order valence-electron chi connectivity index (χ0n) is 33.1. The Hall–Kier alpha value is -4.71. The Morgan fingerprint density at radius 1 is 1.00 bits per heavy atom. The van der Waals surface area contributed by atoms with Crippen LogP contribution in [0.1, 0.15) is 58.5 Å². The van der Waals surface area contributed by atoms with Gasteiger partial charge in [0.05, 0.1) is 75.9 Å². The van der Waals surface area contributed by atoms with Gasteiger partial charge in [0.25, 0.3) is 0 Å². The lowest BCUT2D eigenvalue weighted by molar-refractivity contribution is -0.385. The Labute approximate surface area is 358 Å². The van der Waals surface area contributed by atoms with Crippen molar-refractivity contribution in [2.24, 2.45) is 0 Å². The summed E-state index contributed by atoms with van der Waals surface area (Å²) in [5, 5.41) is 24.2. The van der Waals surface area contributed by atoms with Gasteiger partial charge >= 0.3 is 24.0 Å². The van der Waals surface area contributed by atoms with Crippen molar-refractivity contribution < 1.29 is 82.7 Å². The third-order valence-corrected chi connectivity index (χ3v) is 9.30. The largest absolute Gasteiger partial charge is 0.778 e. The number of ether oxygens (including phenoxy) is 2. The van der Waals surface area contributed by atoms with Crippen LogP contribution in [0.2, 0.25) is 5.02 Å². The zero-order chi connectivity index (χ0) is 47.4. The van der Waals surface area contributed by atoms with Crippen LogP contribution in [0.3, 0.4) is 0 Å². The quantitative estimate of drug-likeness (QED) is 0.0297. The zero-order valence-corrected chi connectivity index (χ0v) is 36.4. The molecule has 3 aromatic carbocycles. The van der Waals surface area contributed by atoms with Gasteiger partial charge in [-0.1, -0.05) is 16.8 Å². The number of alkyl halides is 6. The molecule has 0 spiro atoms. The van der Waals surface area contributed by atoms with Crippen LogP contribution in [0, 0.1) is 10.1 Å². The van der Waals surface area contributed by atoms with Gasteiger partial charge in [-0.3, -0.25) is 25.0 Å². The van der Waals surface area contributed by atoms with E-state index in [1.807, 2.05) is 5.32 Å². The fourth-order valence-corrected chi connectivity index (χ4v) is 6.08. The third-order valence-electron chi connectivity index (χ3n) is 7.25. The van der Waals surface area contributed by atoms with E-state index in [2.05, 4.69) is 23.9 Å². The number of aromatic nitrogens is 1. The number of aliphatic carboxylic acids is 1. The molecule has 342 valence electrons. The lowest BCUT2D eigenvalue weighted by Gasteiger charge is -2.14. The molecule has 3 N–H and O–H groups in total. The van der Waals surface area contributed by atoms with E-state index in [9.17, 15) is 63.9 Å². The molecule has 1 heterocycles. The molecular weight excluding hydrogens is 927 g/mol. The number of ketones is 1. The van der Waals surface area contributed by atoms with Gasteiger partial charge in [0.1, 0.15) is 19.1 Å². The summed E-state index contributed by atoms with van der Waals surface area (Å²) in [6, 6.07) is 8.45. The van der Waals surface area contributed by atoms with Crippen LogP contribution in [0.15, 0.2) is 70.2 Å². The van der Waals surface area contributed by atoms with E-state index in [1.165, 1.54) is 24.4 Å². The molecule has 0 saturated heterocycles. The Morgan fingerprint density at radius 3 is 2.03 bits per heavy atom. The van der Waals surface area contributed by atoms with Gasteiger partial charge in [0, 0.05) is 29.9 Å². The Kier molecular flexibility index (Phi) is 19.5. The van der Waals surface area contributed by atoms with Gasteiger partial charge in [-0.15, -0.1) is 0 Å². The highest BCUT2D eigenvalue weighted by Crippen LogP contribution is 2.43. The number of halogens is 7. The molecule has 1 aromatic heterocycles. The van der Waals surface area contributed by atoms with E-state index in [1.54, 1.807) is 6.92 Å². The number of nitro benzene ring substituents is 1. The van der Waals surface area contributed by atoms with Crippen LogP contribution in [0.25, 0.3) is 0 Å². The first-order chi connectivity index (χ1) is 28.5. The van der Waals surface area contributed by atoms with E-state index in [0.717, 1.165) is 43.4 Å². The molecule has 1 saturated carbocycles. The van der Waals surface area contributed by atoms with E-state index < -0.39 is 75.3 Å². The number of carbonyl (C=O) groups excluding carboxylic acids is 1. The van der Waals surface area contributed by atoms with Crippen molar-refractivity contribution in [3.63, 3.8) is 0 Å².